The van der Waals surface area contributed by atoms with Crippen LogP contribution in [0.5, 0.6) is 0 Å². The molecule has 0 aliphatic carbocycles. The standard InChI is InChI=1S/C8H6N2O2.ClH/c11-8(12)6-1-2-7-9-3-4-10(7)5-6;/h1-5H,(H,11,12);1H. The third-order valence-electron chi connectivity index (χ3n) is 1.64. The van der Waals surface area contributed by atoms with E-state index in [1.807, 2.05) is 0 Å². The molecule has 4 nitrogen and oxygen atoms in total. The van der Waals surface area contributed by atoms with E-state index < -0.39 is 5.97 Å². The van der Waals surface area contributed by atoms with Gasteiger partial charge in [0.15, 0.2) is 0 Å². The first-order chi connectivity index (χ1) is 5.77. The Balaban J connectivity index is 0.000000845. The Morgan fingerprint density at radius 1 is 1.46 bits per heavy atom. The van der Waals surface area contributed by atoms with E-state index in [0.29, 0.717) is 0 Å². The summed E-state index contributed by atoms with van der Waals surface area (Å²) >= 11 is 0. The van der Waals surface area contributed by atoms with E-state index in [1.165, 1.54) is 12.3 Å². The molecule has 13 heavy (non-hydrogen) atoms. The first-order valence-corrected chi connectivity index (χ1v) is 3.43. The van der Waals surface area contributed by atoms with Crippen molar-refractivity contribution < 1.29 is 9.90 Å². The molecule has 0 saturated carbocycles. The average molecular weight is 199 g/mol. The molecule has 0 atom stereocenters. The van der Waals surface area contributed by atoms with Crippen LogP contribution in [0.4, 0.5) is 0 Å². The number of halogens is 1. The Morgan fingerprint density at radius 3 is 2.92 bits per heavy atom. The molecule has 2 rings (SSSR count). The minimum absolute atomic E-state index is 0. The van der Waals surface area contributed by atoms with Crippen LogP contribution in [-0.2, 0) is 0 Å². The van der Waals surface area contributed by atoms with Crippen molar-refractivity contribution in [1.29, 1.82) is 0 Å². The van der Waals surface area contributed by atoms with E-state index in [2.05, 4.69) is 4.98 Å². The highest BCUT2D eigenvalue weighted by Gasteiger charge is 2.02. The molecule has 2 aromatic heterocycles. The number of pyridine rings is 1. The molecule has 0 saturated heterocycles. The molecule has 0 aliphatic rings. The van der Waals surface area contributed by atoms with E-state index in [0.717, 1.165) is 5.65 Å². The summed E-state index contributed by atoms with van der Waals surface area (Å²) < 4.78 is 1.67. The lowest BCUT2D eigenvalue weighted by Gasteiger charge is -1.95. The van der Waals surface area contributed by atoms with Gasteiger partial charge in [-0.1, -0.05) is 0 Å². The van der Waals surface area contributed by atoms with Crippen molar-refractivity contribution in [3.8, 4) is 0 Å². The number of hydrogen-bond acceptors (Lipinski definition) is 2. The Morgan fingerprint density at radius 2 is 2.23 bits per heavy atom. The van der Waals surface area contributed by atoms with Gasteiger partial charge < -0.3 is 9.51 Å². The first kappa shape index (κ1) is 9.54. The molecule has 0 fully saturated rings. The largest absolute Gasteiger partial charge is 0.478 e. The number of aromatic carboxylic acids is 1. The monoisotopic (exact) mass is 198 g/mol. The highest BCUT2D eigenvalue weighted by molar-refractivity contribution is 5.87. The average Bonchev–Trinajstić information content (AvgIpc) is 2.49. The summed E-state index contributed by atoms with van der Waals surface area (Å²) in [4.78, 5) is 14.5. The molecule has 0 aliphatic heterocycles. The van der Waals surface area contributed by atoms with E-state index in [9.17, 15) is 4.79 Å². The number of nitrogens with zero attached hydrogens (tertiary/aromatic N) is 2. The van der Waals surface area contributed by atoms with Gasteiger partial charge >= 0.3 is 5.97 Å². The molecule has 0 radical (unpaired) electrons. The van der Waals surface area contributed by atoms with Crippen LogP contribution in [0, 0.1) is 0 Å². The SMILES string of the molecule is Cl.O=C(O)c1ccc2nccn2c1. The van der Waals surface area contributed by atoms with Crippen LogP contribution in [0.25, 0.3) is 5.65 Å². The van der Waals surface area contributed by atoms with Crippen molar-refractivity contribution in [1.82, 2.24) is 9.38 Å². The molecular formula is C8H7ClN2O2. The Bertz CT molecular complexity index is 438. The highest BCUT2D eigenvalue weighted by Crippen LogP contribution is 2.03. The van der Waals surface area contributed by atoms with Gasteiger partial charge in [-0.05, 0) is 12.1 Å². The van der Waals surface area contributed by atoms with Crippen LogP contribution in [0.3, 0.4) is 0 Å². The minimum Gasteiger partial charge on any atom is -0.478 e. The molecule has 0 aromatic carbocycles. The summed E-state index contributed by atoms with van der Waals surface area (Å²) in [7, 11) is 0. The molecule has 68 valence electrons. The van der Waals surface area contributed by atoms with Crippen LogP contribution < -0.4 is 0 Å². The number of rotatable bonds is 1. The summed E-state index contributed by atoms with van der Waals surface area (Å²) in [5.74, 6) is -0.925. The van der Waals surface area contributed by atoms with Crippen molar-refractivity contribution in [2.24, 2.45) is 0 Å². The van der Waals surface area contributed by atoms with Gasteiger partial charge in [-0.15, -0.1) is 12.4 Å². The second-order valence-corrected chi connectivity index (χ2v) is 2.42. The van der Waals surface area contributed by atoms with Crippen LogP contribution >= 0.6 is 12.4 Å². The fourth-order valence-corrected chi connectivity index (χ4v) is 1.05. The second kappa shape index (κ2) is 3.45. The maximum atomic E-state index is 10.5. The van der Waals surface area contributed by atoms with Crippen LogP contribution in [0.15, 0.2) is 30.7 Å². The summed E-state index contributed by atoms with van der Waals surface area (Å²) in [6.45, 7) is 0. The van der Waals surface area contributed by atoms with Gasteiger partial charge in [0.25, 0.3) is 0 Å². The van der Waals surface area contributed by atoms with Crippen LogP contribution in [0.2, 0.25) is 0 Å². The van der Waals surface area contributed by atoms with E-state index in [1.54, 1.807) is 22.9 Å². The van der Waals surface area contributed by atoms with Gasteiger partial charge in [0.1, 0.15) is 5.65 Å². The van der Waals surface area contributed by atoms with E-state index in [-0.39, 0.29) is 18.0 Å². The zero-order valence-corrected chi connectivity index (χ0v) is 7.36. The van der Waals surface area contributed by atoms with Gasteiger partial charge in [0, 0.05) is 18.6 Å². The minimum atomic E-state index is -0.925. The number of imidazole rings is 1. The normalized spacial score (nSPS) is 9.54. The summed E-state index contributed by atoms with van der Waals surface area (Å²) in [5.41, 5.74) is 1.01. The molecule has 0 unspecified atom stereocenters. The lowest BCUT2D eigenvalue weighted by molar-refractivity contribution is 0.0696. The summed E-state index contributed by atoms with van der Waals surface area (Å²) in [5, 5.41) is 8.65. The predicted molar refractivity (Wildman–Crippen MR) is 49.4 cm³/mol. The molecule has 5 heteroatoms. The number of hydrogen-bond donors (Lipinski definition) is 1. The van der Waals surface area contributed by atoms with Crippen molar-refractivity contribution in [2.45, 2.75) is 0 Å². The van der Waals surface area contributed by atoms with Crippen LogP contribution in [-0.4, -0.2) is 20.5 Å². The van der Waals surface area contributed by atoms with Gasteiger partial charge in [0.2, 0.25) is 0 Å². The molecule has 0 amide bonds. The van der Waals surface area contributed by atoms with Gasteiger partial charge in [-0.25, -0.2) is 9.78 Å². The lowest BCUT2D eigenvalue weighted by atomic mass is 10.3. The molecular weight excluding hydrogens is 192 g/mol. The molecule has 1 N–H and O–H groups in total. The molecule has 2 aromatic rings. The smallest absolute Gasteiger partial charge is 0.337 e. The van der Waals surface area contributed by atoms with Crippen molar-refractivity contribution >= 4 is 24.0 Å². The quantitative estimate of drug-likeness (QED) is 0.755. The third-order valence-corrected chi connectivity index (χ3v) is 1.64. The zero-order chi connectivity index (χ0) is 8.55. The lowest BCUT2D eigenvalue weighted by Crippen LogP contribution is -1.97. The second-order valence-electron chi connectivity index (χ2n) is 2.42. The Hall–Kier alpha value is -1.55. The third kappa shape index (κ3) is 1.62. The van der Waals surface area contributed by atoms with Crippen molar-refractivity contribution in [2.75, 3.05) is 0 Å². The highest BCUT2D eigenvalue weighted by atomic mass is 35.5. The molecule has 0 bridgehead atoms. The van der Waals surface area contributed by atoms with Gasteiger partial charge in [-0.3, -0.25) is 0 Å². The summed E-state index contributed by atoms with van der Waals surface area (Å²) in [6, 6.07) is 3.20. The van der Waals surface area contributed by atoms with Crippen LogP contribution in [0.1, 0.15) is 10.4 Å². The number of carboxylic acid groups (broad SMARTS) is 1. The number of carbonyl (C=O) groups is 1. The fraction of sp³-hybridized carbons (Fsp3) is 0. The molecule has 2 heterocycles. The Labute approximate surface area is 80.2 Å². The van der Waals surface area contributed by atoms with E-state index >= 15 is 0 Å². The van der Waals surface area contributed by atoms with E-state index in [4.69, 9.17) is 5.11 Å². The number of aromatic nitrogens is 2. The topological polar surface area (TPSA) is 54.6 Å². The zero-order valence-electron chi connectivity index (χ0n) is 6.54. The van der Waals surface area contributed by atoms with Gasteiger partial charge in [0.05, 0.1) is 5.56 Å². The van der Waals surface area contributed by atoms with Gasteiger partial charge in [-0.2, -0.15) is 0 Å². The Kier molecular flexibility index (Phi) is 2.53. The number of fused-ring (bicyclic) bond motifs is 1. The van der Waals surface area contributed by atoms with Crippen molar-refractivity contribution in [3.05, 3.63) is 36.3 Å². The summed E-state index contributed by atoms with van der Waals surface area (Å²) in [6.07, 6.45) is 4.87. The maximum Gasteiger partial charge on any atom is 0.337 e. The first-order valence-electron chi connectivity index (χ1n) is 3.43. The van der Waals surface area contributed by atoms with Crippen molar-refractivity contribution in [3.63, 3.8) is 0 Å². The fourth-order valence-electron chi connectivity index (χ4n) is 1.05. The number of carboxylic acids is 1. The maximum absolute atomic E-state index is 10.5. The predicted octanol–water partition coefficient (Wildman–Crippen LogP) is 1.45. The molecule has 0 spiro atoms.